The summed E-state index contributed by atoms with van der Waals surface area (Å²) in [6.45, 7) is 6.66. The van der Waals surface area contributed by atoms with Crippen molar-refractivity contribution in [2.75, 3.05) is 5.75 Å². The molecule has 0 amide bonds. The molecule has 0 saturated heterocycles. The third-order valence-corrected chi connectivity index (χ3v) is 4.29. The minimum absolute atomic E-state index is 0.0153. The fourth-order valence-corrected chi connectivity index (χ4v) is 2.82. The van der Waals surface area contributed by atoms with Crippen molar-refractivity contribution in [3.8, 4) is 0 Å². The van der Waals surface area contributed by atoms with E-state index in [0.717, 1.165) is 27.8 Å². The number of carbonyl (C=O) groups is 1. The van der Waals surface area contributed by atoms with Gasteiger partial charge in [0.25, 0.3) is 0 Å². The van der Waals surface area contributed by atoms with Gasteiger partial charge in [-0.3, -0.25) is 9.48 Å². The van der Waals surface area contributed by atoms with E-state index in [2.05, 4.69) is 10.1 Å². The molecular formula is C13H18N4O2S. The number of thioether (sulfide) groups is 1. The van der Waals surface area contributed by atoms with Crippen LogP contribution in [0, 0.1) is 20.8 Å². The van der Waals surface area contributed by atoms with Crippen LogP contribution in [0.4, 0.5) is 0 Å². The minimum atomic E-state index is -0.837. The Morgan fingerprint density at radius 1 is 1.40 bits per heavy atom. The van der Waals surface area contributed by atoms with Crippen molar-refractivity contribution in [2.45, 2.75) is 32.5 Å². The van der Waals surface area contributed by atoms with Gasteiger partial charge in [-0.2, -0.15) is 5.10 Å². The highest BCUT2D eigenvalue weighted by Gasteiger charge is 2.15. The molecule has 0 aliphatic carbocycles. The fraction of sp³-hybridized carbons (Fsp3) is 0.462. The Balaban J connectivity index is 2.28. The Labute approximate surface area is 121 Å². The molecule has 108 valence electrons. The second-order valence-corrected chi connectivity index (χ2v) is 5.67. The molecule has 0 aliphatic heterocycles. The quantitative estimate of drug-likeness (QED) is 0.851. The Kier molecular flexibility index (Phi) is 4.17. The number of imidazole rings is 1. The molecule has 6 nitrogen and oxygen atoms in total. The summed E-state index contributed by atoms with van der Waals surface area (Å²) < 4.78 is 3.89. The van der Waals surface area contributed by atoms with Crippen LogP contribution in [0.25, 0.3) is 0 Å². The second-order valence-electron chi connectivity index (χ2n) is 4.72. The molecule has 7 heteroatoms. The molecule has 0 radical (unpaired) electrons. The van der Waals surface area contributed by atoms with Crippen molar-refractivity contribution in [3.63, 3.8) is 0 Å². The number of aliphatic carboxylic acids is 1. The van der Waals surface area contributed by atoms with Gasteiger partial charge in [-0.1, -0.05) is 11.8 Å². The van der Waals surface area contributed by atoms with Gasteiger partial charge in [-0.15, -0.1) is 0 Å². The normalized spacial score (nSPS) is 11.0. The first kappa shape index (κ1) is 14.6. The predicted octanol–water partition coefficient (Wildman–Crippen LogP) is 1.77. The van der Waals surface area contributed by atoms with Crippen molar-refractivity contribution in [1.29, 1.82) is 0 Å². The van der Waals surface area contributed by atoms with Crippen molar-refractivity contribution in [3.05, 3.63) is 28.8 Å². The number of rotatable bonds is 5. The molecule has 0 aliphatic rings. The molecule has 0 atom stereocenters. The van der Waals surface area contributed by atoms with Gasteiger partial charge >= 0.3 is 5.97 Å². The van der Waals surface area contributed by atoms with Crippen LogP contribution in [0.3, 0.4) is 0 Å². The van der Waals surface area contributed by atoms with Gasteiger partial charge in [0, 0.05) is 30.2 Å². The SMILES string of the molecule is Cc1nn(C)c(C)c1Cn1c(C)cnc1SCC(=O)O. The summed E-state index contributed by atoms with van der Waals surface area (Å²) in [6, 6.07) is 0. The van der Waals surface area contributed by atoms with E-state index in [0.29, 0.717) is 6.54 Å². The highest BCUT2D eigenvalue weighted by Crippen LogP contribution is 2.22. The molecule has 0 aromatic carbocycles. The lowest BCUT2D eigenvalue weighted by atomic mass is 10.2. The average Bonchev–Trinajstić information content (AvgIpc) is 2.83. The number of carboxylic acids is 1. The molecule has 0 bridgehead atoms. The lowest BCUT2D eigenvalue weighted by Gasteiger charge is -2.09. The molecule has 20 heavy (non-hydrogen) atoms. The molecular weight excluding hydrogens is 276 g/mol. The molecule has 0 spiro atoms. The van der Waals surface area contributed by atoms with Gasteiger partial charge in [0.05, 0.1) is 18.0 Å². The number of hydrogen-bond acceptors (Lipinski definition) is 4. The van der Waals surface area contributed by atoms with Crippen LogP contribution in [-0.2, 0) is 18.4 Å². The summed E-state index contributed by atoms with van der Waals surface area (Å²) in [5.74, 6) is -0.822. The van der Waals surface area contributed by atoms with Gasteiger partial charge in [-0.05, 0) is 20.8 Å². The second kappa shape index (κ2) is 5.70. The zero-order valence-electron chi connectivity index (χ0n) is 12.0. The lowest BCUT2D eigenvalue weighted by Crippen LogP contribution is -2.07. The van der Waals surface area contributed by atoms with E-state index in [1.54, 1.807) is 6.20 Å². The van der Waals surface area contributed by atoms with Gasteiger partial charge < -0.3 is 9.67 Å². The maximum atomic E-state index is 10.7. The predicted molar refractivity (Wildman–Crippen MR) is 77.1 cm³/mol. The van der Waals surface area contributed by atoms with Crippen LogP contribution in [0.5, 0.6) is 0 Å². The van der Waals surface area contributed by atoms with Gasteiger partial charge in [0.1, 0.15) is 0 Å². The number of hydrogen-bond donors (Lipinski definition) is 1. The van der Waals surface area contributed by atoms with Crippen molar-refractivity contribution < 1.29 is 9.90 Å². The fourth-order valence-electron chi connectivity index (χ4n) is 2.08. The molecule has 1 N–H and O–H groups in total. The van der Waals surface area contributed by atoms with Crippen LogP contribution in [0.1, 0.15) is 22.6 Å². The average molecular weight is 294 g/mol. The first-order chi connectivity index (χ1) is 9.40. The van der Waals surface area contributed by atoms with E-state index in [1.165, 1.54) is 11.8 Å². The zero-order valence-corrected chi connectivity index (χ0v) is 12.9. The first-order valence-electron chi connectivity index (χ1n) is 6.26. The van der Waals surface area contributed by atoms with Gasteiger partial charge in [0.15, 0.2) is 5.16 Å². The molecule has 2 aromatic heterocycles. The first-order valence-corrected chi connectivity index (χ1v) is 7.24. The van der Waals surface area contributed by atoms with Gasteiger partial charge in [0.2, 0.25) is 0 Å². The third kappa shape index (κ3) is 2.87. The lowest BCUT2D eigenvalue weighted by molar-refractivity contribution is -0.133. The maximum absolute atomic E-state index is 10.7. The van der Waals surface area contributed by atoms with E-state index < -0.39 is 5.97 Å². The van der Waals surface area contributed by atoms with E-state index in [1.807, 2.05) is 37.1 Å². The molecule has 0 saturated carbocycles. The summed E-state index contributed by atoms with van der Waals surface area (Å²) in [5.41, 5.74) is 4.28. The summed E-state index contributed by atoms with van der Waals surface area (Å²) >= 11 is 1.24. The van der Waals surface area contributed by atoms with E-state index in [-0.39, 0.29) is 5.75 Å². The van der Waals surface area contributed by atoms with E-state index in [4.69, 9.17) is 5.11 Å². The number of nitrogens with zero attached hydrogens (tertiary/aromatic N) is 4. The molecule has 2 rings (SSSR count). The van der Waals surface area contributed by atoms with E-state index in [9.17, 15) is 4.79 Å². The Bertz CT molecular complexity index is 645. The standard InChI is InChI=1S/C13H18N4O2S/c1-8-5-14-13(20-7-12(18)19)17(8)6-11-9(2)15-16(4)10(11)3/h5H,6-7H2,1-4H3,(H,18,19). The van der Waals surface area contributed by atoms with Crippen LogP contribution in [0.15, 0.2) is 11.4 Å². The van der Waals surface area contributed by atoms with Gasteiger partial charge in [-0.25, -0.2) is 4.98 Å². The van der Waals surface area contributed by atoms with Crippen LogP contribution in [0.2, 0.25) is 0 Å². The smallest absolute Gasteiger partial charge is 0.313 e. The number of aryl methyl sites for hydroxylation is 3. The summed E-state index contributed by atoms with van der Waals surface area (Å²) in [5, 5.41) is 13.9. The Hall–Kier alpha value is -1.76. The Morgan fingerprint density at radius 2 is 2.10 bits per heavy atom. The zero-order chi connectivity index (χ0) is 14.9. The number of carboxylic acid groups (broad SMARTS) is 1. The highest BCUT2D eigenvalue weighted by molar-refractivity contribution is 7.99. The van der Waals surface area contributed by atoms with Crippen LogP contribution < -0.4 is 0 Å². The molecule has 0 fully saturated rings. The summed E-state index contributed by atoms with van der Waals surface area (Å²) in [4.78, 5) is 15.0. The third-order valence-electron chi connectivity index (χ3n) is 3.32. The topological polar surface area (TPSA) is 72.9 Å². The van der Waals surface area contributed by atoms with Crippen LogP contribution >= 0.6 is 11.8 Å². The summed E-state index contributed by atoms with van der Waals surface area (Å²) in [6.07, 6.45) is 1.77. The maximum Gasteiger partial charge on any atom is 0.313 e. The molecule has 2 heterocycles. The summed E-state index contributed by atoms with van der Waals surface area (Å²) in [7, 11) is 1.92. The largest absolute Gasteiger partial charge is 0.481 e. The number of aromatic nitrogens is 4. The molecule has 0 unspecified atom stereocenters. The molecule has 2 aromatic rings. The van der Waals surface area contributed by atoms with Crippen LogP contribution in [-0.4, -0.2) is 36.2 Å². The van der Waals surface area contributed by atoms with Crippen molar-refractivity contribution >= 4 is 17.7 Å². The highest BCUT2D eigenvalue weighted by atomic mass is 32.2. The van der Waals surface area contributed by atoms with Crippen molar-refractivity contribution in [2.24, 2.45) is 7.05 Å². The minimum Gasteiger partial charge on any atom is -0.481 e. The Morgan fingerprint density at radius 3 is 2.65 bits per heavy atom. The van der Waals surface area contributed by atoms with Crippen molar-refractivity contribution in [1.82, 2.24) is 19.3 Å². The van der Waals surface area contributed by atoms with E-state index >= 15 is 0 Å². The monoisotopic (exact) mass is 294 g/mol.